The fourth-order valence-corrected chi connectivity index (χ4v) is 3.31. The van der Waals surface area contributed by atoms with Gasteiger partial charge in [0.2, 0.25) is 11.8 Å². The van der Waals surface area contributed by atoms with Crippen molar-refractivity contribution < 1.29 is 9.59 Å². The molecule has 0 spiro atoms. The summed E-state index contributed by atoms with van der Waals surface area (Å²) in [7, 11) is 0. The van der Waals surface area contributed by atoms with Gasteiger partial charge in [0.1, 0.15) is 11.9 Å². The molecule has 25 heavy (non-hydrogen) atoms. The molecule has 0 aliphatic heterocycles. The maximum absolute atomic E-state index is 12.7. The van der Waals surface area contributed by atoms with E-state index in [-0.39, 0.29) is 23.7 Å². The Balaban J connectivity index is 2.02. The molecule has 2 N–H and O–H groups in total. The minimum Gasteiger partial charge on any atom is -0.344 e. The second-order valence-corrected chi connectivity index (χ2v) is 7.48. The number of hydrogen-bond donors (Lipinski definition) is 2. The van der Waals surface area contributed by atoms with Crippen molar-refractivity contribution in [1.82, 2.24) is 10.3 Å². The second kappa shape index (κ2) is 8.97. The van der Waals surface area contributed by atoms with Crippen molar-refractivity contribution in [2.45, 2.75) is 65.8 Å². The third-order valence-electron chi connectivity index (χ3n) is 5.32. The summed E-state index contributed by atoms with van der Waals surface area (Å²) >= 11 is 0. The predicted octanol–water partition coefficient (Wildman–Crippen LogP) is 3.69. The molecule has 138 valence electrons. The van der Waals surface area contributed by atoms with Gasteiger partial charge in [-0.1, -0.05) is 33.3 Å². The van der Waals surface area contributed by atoms with Crippen LogP contribution < -0.4 is 10.6 Å². The van der Waals surface area contributed by atoms with Gasteiger partial charge in [0, 0.05) is 11.6 Å². The van der Waals surface area contributed by atoms with E-state index in [1.54, 1.807) is 6.07 Å². The number of aromatic nitrogens is 1. The predicted molar refractivity (Wildman–Crippen MR) is 100 cm³/mol. The summed E-state index contributed by atoms with van der Waals surface area (Å²) in [6.07, 6.45) is 4.83. The maximum Gasteiger partial charge on any atom is 0.248 e. The molecule has 0 bridgehead atoms. The highest BCUT2D eigenvalue weighted by Gasteiger charge is 2.30. The van der Waals surface area contributed by atoms with E-state index < -0.39 is 6.04 Å². The van der Waals surface area contributed by atoms with Gasteiger partial charge in [-0.05, 0) is 56.6 Å². The summed E-state index contributed by atoms with van der Waals surface area (Å²) < 4.78 is 0. The van der Waals surface area contributed by atoms with Crippen molar-refractivity contribution in [2.24, 2.45) is 17.8 Å². The first kappa shape index (κ1) is 19.4. The highest BCUT2D eigenvalue weighted by molar-refractivity contribution is 5.97. The Labute approximate surface area is 151 Å². The van der Waals surface area contributed by atoms with Crippen molar-refractivity contribution in [3.8, 4) is 0 Å². The van der Waals surface area contributed by atoms with E-state index in [0.717, 1.165) is 37.8 Å². The van der Waals surface area contributed by atoms with E-state index in [4.69, 9.17) is 0 Å². The summed E-state index contributed by atoms with van der Waals surface area (Å²) in [6, 6.07) is 4.98. The normalized spacial score (nSPS) is 22.7. The zero-order chi connectivity index (χ0) is 18.4. The molecule has 1 aromatic rings. The molecule has 2 atom stereocenters. The van der Waals surface area contributed by atoms with Crippen LogP contribution >= 0.6 is 0 Å². The standard InChI is InChI=1S/C20H31N3O2/c1-5-14(3)18(20(25)22-17-8-6-7-15(4)21-17)23-19(24)16-11-9-13(2)10-12-16/h6-8,13-14,16,18H,5,9-12H2,1-4H3,(H,23,24)(H,21,22,25)/t13?,14-,16?,18+/m1/s1. The van der Waals surface area contributed by atoms with Crippen LogP contribution in [0.5, 0.6) is 0 Å². The first-order chi connectivity index (χ1) is 11.9. The molecule has 5 nitrogen and oxygen atoms in total. The molecule has 2 rings (SSSR count). The van der Waals surface area contributed by atoms with Gasteiger partial charge in [0.15, 0.2) is 0 Å². The lowest BCUT2D eigenvalue weighted by molar-refractivity contribution is -0.131. The minimum absolute atomic E-state index is 0.0181. The van der Waals surface area contributed by atoms with E-state index >= 15 is 0 Å². The third-order valence-corrected chi connectivity index (χ3v) is 5.32. The Hall–Kier alpha value is -1.91. The molecule has 1 fully saturated rings. The van der Waals surface area contributed by atoms with Gasteiger partial charge < -0.3 is 10.6 Å². The summed E-state index contributed by atoms with van der Waals surface area (Å²) in [5.74, 6) is 1.16. The number of carbonyl (C=O) groups is 2. The summed E-state index contributed by atoms with van der Waals surface area (Å²) in [6.45, 7) is 8.15. The zero-order valence-electron chi connectivity index (χ0n) is 15.8. The highest BCUT2D eigenvalue weighted by Crippen LogP contribution is 2.28. The van der Waals surface area contributed by atoms with E-state index in [1.165, 1.54) is 0 Å². The van der Waals surface area contributed by atoms with Gasteiger partial charge in [-0.3, -0.25) is 9.59 Å². The molecule has 1 aliphatic carbocycles. The zero-order valence-corrected chi connectivity index (χ0v) is 15.8. The monoisotopic (exact) mass is 345 g/mol. The summed E-state index contributed by atoms with van der Waals surface area (Å²) in [5.41, 5.74) is 0.846. The summed E-state index contributed by atoms with van der Waals surface area (Å²) in [5, 5.41) is 5.86. The molecule has 0 aromatic carbocycles. The molecule has 0 saturated heterocycles. The fraction of sp³-hybridized carbons (Fsp3) is 0.650. The number of rotatable bonds is 6. The first-order valence-electron chi connectivity index (χ1n) is 9.45. The second-order valence-electron chi connectivity index (χ2n) is 7.48. The first-order valence-corrected chi connectivity index (χ1v) is 9.45. The number of carbonyl (C=O) groups excluding carboxylic acids is 2. The van der Waals surface area contributed by atoms with Crippen LogP contribution in [0.15, 0.2) is 18.2 Å². The summed E-state index contributed by atoms with van der Waals surface area (Å²) in [4.78, 5) is 29.7. The van der Waals surface area contributed by atoms with Crippen molar-refractivity contribution in [3.05, 3.63) is 23.9 Å². The van der Waals surface area contributed by atoms with Crippen molar-refractivity contribution in [3.63, 3.8) is 0 Å². The van der Waals surface area contributed by atoms with Crippen molar-refractivity contribution in [1.29, 1.82) is 0 Å². The number of aryl methyl sites for hydroxylation is 1. The molecule has 1 aliphatic rings. The third kappa shape index (κ3) is 5.55. The minimum atomic E-state index is -0.529. The number of anilines is 1. The van der Waals surface area contributed by atoms with Crippen LogP contribution in [0.2, 0.25) is 0 Å². The van der Waals surface area contributed by atoms with Crippen molar-refractivity contribution >= 4 is 17.6 Å². The smallest absolute Gasteiger partial charge is 0.248 e. The molecule has 0 unspecified atom stereocenters. The maximum atomic E-state index is 12.7. The molecule has 1 heterocycles. The average molecular weight is 345 g/mol. The molecular weight excluding hydrogens is 314 g/mol. The lowest BCUT2D eigenvalue weighted by Gasteiger charge is -2.29. The van der Waals surface area contributed by atoms with Crippen LogP contribution in [0.25, 0.3) is 0 Å². The lowest BCUT2D eigenvalue weighted by atomic mass is 9.82. The Morgan fingerprint density at radius 2 is 1.92 bits per heavy atom. The van der Waals surface area contributed by atoms with Gasteiger partial charge in [0.05, 0.1) is 0 Å². The SMILES string of the molecule is CC[C@@H](C)[C@H](NC(=O)C1CCC(C)CC1)C(=O)Nc1cccc(C)n1. The van der Waals surface area contributed by atoms with E-state index in [9.17, 15) is 9.59 Å². The lowest BCUT2D eigenvalue weighted by Crippen LogP contribution is -2.50. The fourth-order valence-electron chi connectivity index (χ4n) is 3.31. The van der Waals surface area contributed by atoms with Crippen molar-refractivity contribution in [2.75, 3.05) is 5.32 Å². The van der Waals surface area contributed by atoms with E-state index in [1.807, 2.05) is 32.9 Å². The van der Waals surface area contributed by atoms with Crippen LogP contribution in [-0.4, -0.2) is 22.8 Å². The molecule has 5 heteroatoms. The molecule has 0 radical (unpaired) electrons. The van der Waals surface area contributed by atoms with Crippen LogP contribution in [0, 0.1) is 24.7 Å². The topological polar surface area (TPSA) is 71.1 Å². The van der Waals surface area contributed by atoms with Gasteiger partial charge in [-0.2, -0.15) is 0 Å². The van der Waals surface area contributed by atoms with Crippen LogP contribution in [0.3, 0.4) is 0 Å². The molecule has 2 amide bonds. The van der Waals surface area contributed by atoms with E-state index in [2.05, 4.69) is 22.5 Å². The molecule has 1 saturated carbocycles. The quantitative estimate of drug-likeness (QED) is 0.826. The van der Waals surface area contributed by atoms with Crippen LogP contribution in [0.4, 0.5) is 5.82 Å². The Morgan fingerprint density at radius 1 is 1.24 bits per heavy atom. The van der Waals surface area contributed by atoms with Gasteiger partial charge in [0.25, 0.3) is 0 Å². The molecule has 1 aromatic heterocycles. The van der Waals surface area contributed by atoms with Gasteiger partial charge >= 0.3 is 0 Å². The Morgan fingerprint density at radius 3 is 2.52 bits per heavy atom. The highest BCUT2D eigenvalue weighted by atomic mass is 16.2. The number of nitrogens with one attached hydrogen (secondary N) is 2. The van der Waals surface area contributed by atoms with E-state index in [0.29, 0.717) is 11.7 Å². The Bertz CT molecular complexity index is 594. The largest absolute Gasteiger partial charge is 0.344 e. The Kier molecular flexibility index (Phi) is 6.97. The average Bonchev–Trinajstić information content (AvgIpc) is 2.59. The van der Waals surface area contributed by atoms with Gasteiger partial charge in [-0.25, -0.2) is 4.98 Å². The molecular formula is C20H31N3O2. The van der Waals surface area contributed by atoms with Crippen LogP contribution in [0.1, 0.15) is 58.6 Å². The number of pyridine rings is 1. The number of nitrogens with zero attached hydrogens (tertiary/aromatic N) is 1. The van der Waals surface area contributed by atoms with Gasteiger partial charge in [-0.15, -0.1) is 0 Å². The number of hydrogen-bond acceptors (Lipinski definition) is 3. The van der Waals surface area contributed by atoms with Crippen LogP contribution in [-0.2, 0) is 9.59 Å². The number of amides is 2.